The zero-order valence-corrected chi connectivity index (χ0v) is 5.42. The van der Waals surface area contributed by atoms with Crippen LogP contribution in [0.2, 0.25) is 0 Å². The van der Waals surface area contributed by atoms with E-state index in [-0.39, 0.29) is 23.7 Å². The van der Waals surface area contributed by atoms with Crippen molar-refractivity contribution in [3.05, 3.63) is 0 Å². The van der Waals surface area contributed by atoms with Crippen LogP contribution in [-0.4, -0.2) is 24.3 Å². The van der Waals surface area contributed by atoms with Gasteiger partial charge in [0.2, 0.25) is 0 Å². The van der Waals surface area contributed by atoms with E-state index in [4.69, 9.17) is 5.11 Å². The van der Waals surface area contributed by atoms with E-state index in [2.05, 4.69) is 4.74 Å². The third kappa shape index (κ3) is 9.34. The van der Waals surface area contributed by atoms with E-state index in [1.165, 1.54) is 0 Å². The van der Waals surface area contributed by atoms with Crippen LogP contribution in [0.3, 0.4) is 0 Å². The predicted molar refractivity (Wildman–Crippen MR) is 24.1 cm³/mol. The topological polar surface area (TPSA) is 46.5 Å². The first-order valence-corrected chi connectivity index (χ1v) is 2.07. The first-order valence-electron chi connectivity index (χ1n) is 2.07. The van der Waals surface area contributed by atoms with Crippen molar-refractivity contribution in [2.45, 2.75) is 6.92 Å². The van der Waals surface area contributed by atoms with Gasteiger partial charge < -0.3 is 9.84 Å². The van der Waals surface area contributed by atoms with Crippen molar-refractivity contribution in [3.63, 3.8) is 0 Å². The Morgan fingerprint density at radius 2 is 2.25 bits per heavy atom. The van der Waals surface area contributed by atoms with Gasteiger partial charge in [-0.1, -0.05) is 0 Å². The number of carboxylic acid groups (broad SMARTS) is 1. The Hall–Kier alpha value is -0.0505. The molecule has 8 heavy (non-hydrogen) atoms. The monoisotopic (exact) mass is 167 g/mol. The van der Waals surface area contributed by atoms with Gasteiger partial charge in [-0.2, -0.15) is 0 Å². The second kappa shape index (κ2) is 6.95. The first-order chi connectivity index (χ1) is 3.27. The molecular weight excluding hydrogens is 160 g/mol. The number of carbonyl (C=O) groups is 1. The van der Waals surface area contributed by atoms with E-state index in [1.54, 1.807) is 6.92 Å². The molecule has 0 aromatic carbocycles. The molecule has 0 heterocycles. The van der Waals surface area contributed by atoms with Crippen LogP contribution >= 0.6 is 0 Å². The third-order valence-electron chi connectivity index (χ3n) is 0.430. The van der Waals surface area contributed by atoms with Crippen LogP contribution in [0.5, 0.6) is 0 Å². The summed E-state index contributed by atoms with van der Waals surface area (Å²) in [4.78, 5) is 9.63. The van der Waals surface area contributed by atoms with Gasteiger partial charge in [0.05, 0.1) is 0 Å². The van der Waals surface area contributed by atoms with Crippen molar-refractivity contribution >= 4 is 5.97 Å². The minimum absolute atomic E-state index is 0. The molecule has 0 aromatic rings. The minimum Gasteiger partial charge on any atom is -0.480 e. The zero-order valence-electron chi connectivity index (χ0n) is 4.48. The van der Waals surface area contributed by atoms with Crippen LogP contribution in [-0.2, 0) is 26.6 Å². The smallest absolute Gasteiger partial charge is 0.329 e. The van der Waals surface area contributed by atoms with Gasteiger partial charge in [0.15, 0.2) is 0 Å². The fraction of sp³-hybridized carbons (Fsp3) is 0.750. The van der Waals surface area contributed by atoms with Gasteiger partial charge in [-0.05, 0) is 6.92 Å². The summed E-state index contributed by atoms with van der Waals surface area (Å²) in [6.45, 7) is 2.03. The summed E-state index contributed by atoms with van der Waals surface area (Å²) in [6.07, 6.45) is 0. The normalized spacial score (nSPS) is 7.62. The summed E-state index contributed by atoms with van der Waals surface area (Å²) in [7, 11) is 0. The number of aliphatic carboxylic acids is 1. The maximum atomic E-state index is 9.63. The van der Waals surface area contributed by atoms with Gasteiger partial charge in [0.25, 0.3) is 0 Å². The SMILES string of the molecule is CCOCC(=O)O.[Cu]. The summed E-state index contributed by atoms with van der Waals surface area (Å²) in [6, 6.07) is 0. The molecule has 0 saturated carbocycles. The van der Waals surface area contributed by atoms with E-state index in [0.717, 1.165) is 0 Å². The van der Waals surface area contributed by atoms with Crippen LogP contribution in [0.1, 0.15) is 6.92 Å². The second-order valence-electron chi connectivity index (χ2n) is 1.03. The van der Waals surface area contributed by atoms with Gasteiger partial charge >= 0.3 is 5.97 Å². The molecule has 53 valence electrons. The molecule has 0 aliphatic carbocycles. The van der Waals surface area contributed by atoms with Crippen LogP contribution in [0.4, 0.5) is 0 Å². The van der Waals surface area contributed by atoms with Gasteiger partial charge in [-0.15, -0.1) is 0 Å². The van der Waals surface area contributed by atoms with E-state index < -0.39 is 5.97 Å². The van der Waals surface area contributed by atoms with Crippen molar-refractivity contribution in [3.8, 4) is 0 Å². The molecule has 0 aliphatic heterocycles. The Morgan fingerprint density at radius 1 is 1.75 bits per heavy atom. The predicted octanol–water partition coefficient (Wildman–Crippen LogP) is 0.105. The molecule has 4 heteroatoms. The van der Waals surface area contributed by atoms with E-state index >= 15 is 0 Å². The average molecular weight is 168 g/mol. The third-order valence-corrected chi connectivity index (χ3v) is 0.430. The Morgan fingerprint density at radius 3 is 2.38 bits per heavy atom. The van der Waals surface area contributed by atoms with Crippen molar-refractivity contribution < 1.29 is 31.7 Å². The molecule has 1 radical (unpaired) electrons. The van der Waals surface area contributed by atoms with Crippen LogP contribution in [0, 0.1) is 0 Å². The average Bonchev–Trinajstić information content (AvgIpc) is 1.61. The van der Waals surface area contributed by atoms with E-state index in [9.17, 15) is 4.79 Å². The molecule has 0 bridgehead atoms. The summed E-state index contributed by atoms with van der Waals surface area (Å²) in [5, 5.41) is 7.92. The molecule has 0 unspecified atom stereocenters. The molecule has 0 amide bonds. The quantitative estimate of drug-likeness (QED) is 0.607. The van der Waals surface area contributed by atoms with Gasteiger partial charge in [-0.3, -0.25) is 0 Å². The van der Waals surface area contributed by atoms with Crippen molar-refractivity contribution in [2.24, 2.45) is 0 Å². The van der Waals surface area contributed by atoms with Crippen molar-refractivity contribution in [1.82, 2.24) is 0 Å². The zero-order chi connectivity index (χ0) is 5.70. The minimum atomic E-state index is -0.915. The molecule has 0 saturated heterocycles. The molecule has 0 aromatic heterocycles. The fourth-order valence-corrected chi connectivity index (χ4v) is 0.189. The summed E-state index contributed by atoms with van der Waals surface area (Å²) in [5.41, 5.74) is 0. The number of rotatable bonds is 3. The number of hydrogen-bond donors (Lipinski definition) is 1. The van der Waals surface area contributed by atoms with E-state index in [0.29, 0.717) is 6.61 Å². The fourth-order valence-electron chi connectivity index (χ4n) is 0.189. The number of carboxylic acids is 1. The second-order valence-corrected chi connectivity index (χ2v) is 1.03. The summed E-state index contributed by atoms with van der Waals surface area (Å²) in [5.74, 6) is -0.915. The maximum Gasteiger partial charge on any atom is 0.329 e. The maximum absolute atomic E-state index is 9.63. The van der Waals surface area contributed by atoms with Gasteiger partial charge in [0.1, 0.15) is 6.61 Å². The Kier molecular flexibility index (Phi) is 9.42. The molecular formula is C4H8CuO3. The number of hydrogen-bond acceptors (Lipinski definition) is 2. The van der Waals surface area contributed by atoms with Crippen LogP contribution < -0.4 is 0 Å². The summed E-state index contributed by atoms with van der Waals surface area (Å²) < 4.78 is 4.50. The van der Waals surface area contributed by atoms with Crippen LogP contribution in [0.15, 0.2) is 0 Å². The van der Waals surface area contributed by atoms with Crippen molar-refractivity contribution in [2.75, 3.05) is 13.2 Å². The summed E-state index contributed by atoms with van der Waals surface area (Å²) >= 11 is 0. The van der Waals surface area contributed by atoms with Crippen LogP contribution in [0.25, 0.3) is 0 Å². The largest absolute Gasteiger partial charge is 0.480 e. The number of ether oxygens (including phenoxy) is 1. The Labute approximate surface area is 58.5 Å². The molecule has 0 aliphatic rings. The molecule has 0 spiro atoms. The Balaban J connectivity index is 0. The Bertz CT molecular complexity index is 64.3. The van der Waals surface area contributed by atoms with Gasteiger partial charge in [-0.25, -0.2) is 4.79 Å². The first kappa shape index (κ1) is 10.8. The standard InChI is InChI=1S/C4H8O3.Cu/c1-2-7-3-4(5)6;/h2-3H2,1H3,(H,5,6);. The van der Waals surface area contributed by atoms with Gasteiger partial charge in [0, 0.05) is 23.7 Å². The molecule has 3 nitrogen and oxygen atoms in total. The molecule has 0 fully saturated rings. The molecule has 1 N–H and O–H groups in total. The molecule has 0 atom stereocenters. The van der Waals surface area contributed by atoms with Crippen molar-refractivity contribution in [1.29, 1.82) is 0 Å². The molecule has 0 rings (SSSR count). The van der Waals surface area contributed by atoms with E-state index in [1.807, 2.05) is 0 Å².